The SMILES string of the molecule is COc1cc(Cl)c(C)cc1N=Nc1c(C)nc2cc(C)ccn12. The number of hydrogen-bond donors (Lipinski definition) is 0. The van der Waals surface area contributed by atoms with Crippen LogP contribution in [0.4, 0.5) is 11.5 Å². The second kappa shape index (κ2) is 6.01. The van der Waals surface area contributed by atoms with Crippen LogP contribution in [0.15, 0.2) is 40.7 Å². The smallest absolute Gasteiger partial charge is 0.182 e. The van der Waals surface area contributed by atoms with Crippen LogP contribution in [0.1, 0.15) is 16.8 Å². The monoisotopic (exact) mass is 328 g/mol. The third-order valence-electron chi connectivity index (χ3n) is 3.64. The third kappa shape index (κ3) is 2.92. The number of halogens is 1. The van der Waals surface area contributed by atoms with E-state index in [1.807, 2.05) is 49.6 Å². The molecule has 0 bridgehead atoms. The molecule has 0 saturated heterocycles. The zero-order valence-electron chi connectivity index (χ0n) is 13.5. The molecule has 2 aromatic heterocycles. The van der Waals surface area contributed by atoms with E-state index in [0.29, 0.717) is 22.3 Å². The maximum absolute atomic E-state index is 6.12. The maximum atomic E-state index is 6.12. The fourth-order valence-electron chi connectivity index (χ4n) is 2.36. The molecular weight excluding hydrogens is 312 g/mol. The molecule has 0 unspecified atom stereocenters. The van der Waals surface area contributed by atoms with Crippen molar-refractivity contribution in [1.29, 1.82) is 0 Å². The molecule has 2 heterocycles. The highest BCUT2D eigenvalue weighted by atomic mass is 35.5. The van der Waals surface area contributed by atoms with Gasteiger partial charge in [-0.1, -0.05) is 11.6 Å². The predicted octanol–water partition coefficient (Wildman–Crippen LogP) is 5.34. The average molecular weight is 329 g/mol. The molecule has 6 heteroatoms. The van der Waals surface area contributed by atoms with Gasteiger partial charge in [0.1, 0.15) is 17.1 Å². The molecule has 0 spiro atoms. The quantitative estimate of drug-likeness (QED) is 0.609. The van der Waals surface area contributed by atoms with Crippen LogP contribution in [-0.4, -0.2) is 16.5 Å². The van der Waals surface area contributed by atoms with E-state index < -0.39 is 0 Å². The van der Waals surface area contributed by atoms with E-state index in [1.165, 1.54) is 0 Å². The summed E-state index contributed by atoms with van der Waals surface area (Å²) in [6.45, 7) is 5.87. The summed E-state index contributed by atoms with van der Waals surface area (Å²) in [5.74, 6) is 1.29. The number of aryl methyl sites for hydroxylation is 3. The van der Waals surface area contributed by atoms with E-state index in [-0.39, 0.29) is 0 Å². The summed E-state index contributed by atoms with van der Waals surface area (Å²) in [5, 5.41) is 9.35. The minimum atomic E-state index is 0.590. The number of hydrogen-bond acceptors (Lipinski definition) is 4. The standard InChI is InChI=1S/C17H17ClN4O/c1-10-5-6-22-16(7-10)19-12(3)17(22)21-20-14-8-11(2)13(18)9-15(14)23-4/h5-9H,1-4H3. The molecule has 0 saturated carbocycles. The molecule has 0 atom stereocenters. The summed E-state index contributed by atoms with van der Waals surface area (Å²) in [6.07, 6.45) is 1.95. The topological polar surface area (TPSA) is 51.2 Å². The maximum Gasteiger partial charge on any atom is 0.182 e. The predicted molar refractivity (Wildman–Crippen MR) is 91.6 cm³/mol. The van der Waals surface area contributed by atoms with Gasteiger partial charge in [-0.3, -0.25) is 4.40 Å². The lowest BCUT2D eigenvalue weighted by Crippen LogP contribution is -1.86. The first-order valence-electron chi connectivity index (χ1n) is 7.21. The lowest BCUT2D eigenvalue weighted by molar-refractivity contribution is 0.416. The molecular formula is C17H17ClN4O. The Hall–Kier alpha value is -2.40. The van der Waals surface area contributed by atoms with Gasteiger partial charge in [-0.25, -0.2) is 4.98 Å². The largest absolute Gasteiger partial charge is 0.494 e. The summed E-state index contributed by atoms with van der Waals surface area (Å²) in [6, 6.07) is 7.63. The molecule has 3 aromatic rings. The number of fused-ring (bicyclic) bond motifs is 1. The van der Waals surface area contributed by atoms with Crippen molar-refractivity contribution in [1.82, 2.24) is 9.38 Å². The van der Waals surface area contributed by atoms with Crippen molar-refractivity contribution in [3.05, 3.63) is 52.3 Å². The first kappa shape index (κ1) is 15.5. The van der Waals surface area contributed by atoms with Gasteiger partial charge < -0.3 is 4.74 Å². The highest BCUT2D eigenvalue weighted by Crippen LogP contribution is 2.34. The number of ether oxygens (including phenoxy) is 1. The Morgan fingerprint density at radius 3 is 2.65 bits per heavy atom. The van der Waals surface area contributed by atoms with Crippen molar-refractivity contribution in [2.45, 2.75) is 20.8 Å². The Balaban J connectivity index is 2.07. The van der Waals surface area contributed by atoms with E-state index in [1.54, 1.807) is 13.2 Å². The van der Waals surface area contributed by atoms with Crippen molar-refractivity contribution in [3.63, 3.8) is 0 Å². The molecule has 0 aliphatic heterocycles. The zero-order valence-corrected chi connectivity index (χ0v) is 14.2. The van der Waals surface area contributed by atoms with E-state index in [9.17, 15) is 0 Å². The van der Waals surface area contributed by atoms with E-state index in [4.69, 9.17) is 16.3 Å². The van der Waals surface area contributed by atoms with Crippen LogP contribution in [0.5, 0.6) is 5.75 Å². The van der Waals surface area contributed by atoms with Crippen LogP contribution in [0.25, 0.3) is 5.65 Å². The van der Waals surface area contributed by atoms with E-state index in [2.05, 4.69) is 15.2 Å². The Bertz CT molecular complexity index is 915. The average Bonchev–Trinajstić information content (AvgIpc) is 2.82. The van der Waals surface area contributed by atoms with Crippen LogP contribution in [0, 0.1) is 20.8 Å². The second-order valence-corrected chi connectivity index (χ2v) is 5.83. The molecule has 3 rings (SSSR count). The summed E-state index contributed by atoms with van der Waals surface area (Å²) < 4.78 is 7.24. The Labute approximate surface area is 139 Å². The van der Waals surface area contributed by atoms with E-state index in [0.717, 1.165) is 22.5 Å². The normalized spacial score (nSPS) is 11.5. The van der Waals surface area contributed by atoms with Gasteiger partial charge in [-0.2, -0.15) is 0 Å². The van der Waals surface area contributed by atoms with Crippen molar-refractivity contribution < 1.29 is 4.74 Å². The van der Waals surface area contributed by atoms with Gasteiger partial charge >= 0.3 is 0 Å². The Morgan fingerprint density at radius 1 is 1.13 bits per heavy atom. The molecule has 0 aliphatic rings. The molecule has 23 heavy (non-hydrogen) atoms. The molecule has 0 N–H and O–H groups in total. The Kier molecular flexibility index (Phi) is 4.05. The van der Waals surface area contributed by atoms with Gasteiger partial charge in [-0.05, 0) is 50.1 Å². The third-order valence-corrected chi connectivity index (χ3v) is 4.04. The van der Waals surface area contributed by atoms with Crippen molar-refractivity contribution in [3.8, 4) is 5.75 Å². The molecule has 118 valence electrons. The first-order chi connectivity index (χ1) is 11.0. The molecule has 0 radical (unpaired) electrons. The summed E-state index contributed by atoms with van der Waals surface area (Å²) in [5.41, 5.74) is 4.39. The van der Waals surface area contributed by atoms with Gasteiger partial charge in [0.25, 0.3) is 0 Å². The number of imidazole rings is 1. The van der Waals surface area contributed by atoms with Gasteiger partial charge in [0.2, 0.25) is 0 Å². The zero-order chi connectivity index (χ0) is 16.6. The lowest BCUT2D eigenvalue weighted by Gasteiger charge is -2.06. The highest BCUT2D eigenvalue weighted by Gasteiger charge is 2.10. The van der Waals surface area contributed by atoms with Crippen LogP contribution in [0.3, 0.4) is 0 Å². The van der Waals surface area contributed by atoms with E-state index >= 15 is 0 Å². The second-order valence-electron chi connectivity index (χ2n) is 5.43. The molecule has 0 aliphatic carbocycles. The number of azo groups is 1. The molecule has 0 amide bonds. The fraction of sp³-hybridized carbons (Fsp3) is 0.235. The number of methoxy groups -OCH3 is 1. The summed E-state index contributed by atoms with van der Waals surface area (Å²) >= 11 is 6.12. The fourth-order valence-corrected chi connectivity index (χ4v) is 2.52. The van der Waals surface area contributed by atoms with Gasteiger partial charge in [0.05, 0.1) is 12.8 Å². The number of nitrogens with zero attached hydrogens (tertiary/aromatic N) is 4. The van der Waals surface area contributed by atoms with Crippen molar-refractivity contribution in [2.75, 3.05) is 7.11 Å². The molecule has 5 nitrogen and oxygen atoms in total. The number of pyridine rings is 1. The summed E-state index contributed by atoms with van der Waals surface area (Å²) in [7, 11) is 1.59. The van der Waals surface area contributed by atoms with Crippen molar-refractivity contribution >= 4 is 28.8 Å². The summed E-state index contributed by atoms with van der Waals surface area (Å²) in [4.78, 5) is 4.52. The van der Waals surface area contributed by atoms with Gasteiger partial charge in [0.15, 0.2) is 5.82 Å². The number of rotatable bonds is 3. The molecule has 0 fully saturated rings. The number of benzene rings is 1. The lowest BCUT2D eigenvalue weighted by atomic mass is 10.2. The van der Waals surface area contributed by atoms with Crippen LogP contribution < -0.4 is 4.74 Å². The highest BCUT2D eigenvalue weighted by molar-refractivity contribution is 6.31. The molecule has 1 aromatic carbocycles. The number of aromatic nitrogens is 2. The minimum absolute atomic E-state index is 0.590. The van der Waals surface area contributed by atoms with Crippen molar-refractivity contribution in [2.24, 2.45) is 10.2 Å². The minimum Gasteiger partial charge on any atom is -0.494 e. The Morgan fingerprint density at radius 2 is 1.91 bits per heavy atom. The van der Waals surface area contributed by atoms with Crippen LogP contribution in [0.2, 0.25) is 5.02 Å². The van der Waals surface area contributed by atoms with Gasteiger partial charge in [0, 0.05) is 17.3 Å². The first-order valence-corrected chi connectivity index (χ1v) is 7.58. The van der Waals surface area contributed by atoms with Crippen LogP contribution in [-0.2, 0) is 0 Å². The van der Waals surface area contributed by atoms with Crippen LogP contribution >= 0.6 is 11.6 Å². The van der Waals surface area contributed by atoms with Gasteiger partial charge in [-0.15, -0.1) is 10.2 Å².